The van der Waals surface area contributed by atoms with E-state index in [1.165, 1.54) is 0 Å². The summed E-state index contributed by atoms with van der Waals surface area (Å²) in [5.41, 5.74) is 2.96. The molecule has 0 radical (unpaired) electrons. The molecule has 0 aliphatic heterocycles. The fourth-order valence-electron chi connectivity index (χ4n) is 1.60. The van der Waals surface area contributed by atoms with Crippen molar-refractivity contribution in [2.75, 3.05) is 7.11 Å². The first kappa shape index (κ1) is 11.1. The van der Waals surface area contributed by atoms with Crippen molar-refractivity contribution in [1.82, 2.24) is 14.5 Å². The van der Waals surface area contributed by atoms with Gasteiger partial charge in [0.05, 0.1) is 19.1 Å². The molecule has 0 spiro atoms. The van der Waals surface area contributed by atoms with Gasteiger partial charge in [0.25, 0.3) is 0 Å². The monoisotopic (exact) mass is 281 g/mol. The van der Waals surface area contributed by atoms with Gasteiger partial charge in [0.2, 0.25) is 5.88 Å². The van der Waals surface area contributed by atoms with Crippen LogP contribution >= 0.6 is 15.9 Å². The minimum atomic E-state index is 0.587. The number of nitrogens with zero attached hydrogens (tertiary/aromatic N) is 3. The van der Waals surface area contributed by atoms with Crippen LogP contribution in [0.3, 0.4) is 0 Å². The number of ether oxygens (including phenoxy) is 1. The van der Waals surface area contributed by atoms with E-state index in [0.29, 0.717) is 5.88 Å². The van der Waals surface area contributed by atoms with Crippen LogP contribution in [0.1, 0.15) is 11.3 Å². The lowest BCUT2D eigenvalue weighted by Gasteiger charge is -2.11. The fraction of sp³-hybridized carbons (Fsp3) is 0.273. The van der Waals surface area contributed by atoms with Gasteiger partial charge < -0.3 is 9.30 Å². The summed E-state index contributed by atoms with van der Waals surface area (Å²) in [6, 6.07) is 1.95. The number of aromatic nitrogens is 3. The van der Waals surface area contributed by atoms with Gasteiger partial charge in [-0.25, -0.2) is 9.97 Å². The van der Waals surface area contributed by atoms with Crippen LogP contribution in [0.5, 0.6) is 5.88 Å². The zero-order valence-corrected chi connectivity index (χ0v) is 10.9. The van der Waals surface area contributed by atoms with Crippen molar-refractivity contribution in [2.24, 2.45) is 0 Å². The molecule has 2 heterocycles. The summed E-state index contributed by atoms with van der Waals surface area (Å²) in [4.78, 5) is 8.48. The summed E-state index contributed by atoms with van der Waals surface area (Å²) in [6.07, 6.45) is 3.70. The zero-order chi connectivity index (χ0) is 11.7. The molecule has 0 aliphatic rings. The quantitative estimate of drug-likeness (QED) is 0.795. The van der Waals surface area contributed by atoms with Crippen molar-refractivity contribution < 1.29 is 4.74 Å². The van der Waals surface area contributed by atoms with E-state index in [0.717, 1.165) is 21.5 Å². The number of methoxy groups -OCH3 is 1. The van der Waals surface area contributed by atoms with Crippen molar-refractivity contribution in [1.29, 1.82) is 0 Å². The molecule has 4 nitrogen and oxygen atoms in total. The molecule has 0 bridgehead atoms. The van der Waals surface area contributed by atoms with Crippen LogP contribution in [0.2, 0.25) is 0 Å². The molecule has 0 unspecified atom stereocenters. The molecule has 16 heavy (non-hydrogen) atoms. The normalized spacial score (nSPS) is 10.5. The van der Waals surface area contributed by atoms with E-state index < -0.39 is 0 Å². The predicted octanol–water partition coefficient (Wildman–Crippen LogP) is 2.66. The Kier molecular flexibility index (Phi) is 2.96. The molecule has 5 heteroatoms. The number of halogens is 1. The van der Waals surface area contributed by atoms with Crippen molar-refractivity contribution in [3.8, 4) is 11.6 Å². The molecular weight excluding hydrogens is 270 g/mol. The van der Waals surface area contributed by atoms with Crippen LogP contribution in [0.25, 0.3) is 5.69 Å². The molecule has 0 N–H and O–H groups in total. The molecule has 2 aromatic rings. The molecule has 2 aromatic heterocycles. The summed E-state index contributed by atoms with van der Waals surface area (Å²) in [7, 11) is 1.61. The lowest BCUT2D eigenvalue weighted by atomic mass is 10.2. The number of rotatable bonds is 2. The molecule has 0 fully saturated rings. The Balaban J connectivity index is 2.63. The highest BCUT2D eigenvalue weighted by Crippen LogP contribution is 2.27. The van der Waals surface area contributed by atoms with Crippen LogP contribution in [0, 0.1) is 13.8 Å². The molecule has 0 saturated carbocycles. The maximum atomic E-state index is 5.28. The Morgan fingerprint density at radius 2 is 2.12 bits per heavy atom. The number of imidazole rings is 1. The molecular formula is C11H12BrN3O. The third-order valence-corrected chi connectivity index (χ3v) is 2.69. The van der Waals surface area contributed by atoms with E-state index in [4.69, 9.17) is 4.74 Å². The molecule has 0 amide bonds. The first-order valence-electron chi connectivity index (χ1n) is 4.84. The van der Waals surface area contributed by atoms with Crippen LogP contribution in [-0.4, -0.2) is 21.6 Å². The van der Waals surface area contributed by atoms with Gasteiger partial charge in [0, 0.05) is 6.20 Å². The Morgan fingerprint density at radius 1 is 1.38 bits per heavy atom. The van der Waals surface area contributed by atoms with Crippen LogP contribution in [0.15, 0.2) is 23.2 Å². The average molecular weight is 282 g/mol. The summed E-state index contributed by atoms with van der Waals surface area (Å²) < 4.78 is 7.97. The Hall–Kier alpha value is -1.36. The van der Waals surface area contributed by atoms with E-state index in [9.17, 15) is 0 Å². The standard InChI is InChI=1S/C11H12BrN3O/c1-7-4-9(12)14-11(16-3)10(7)15-5-8(2)13-6-15/h4-6H,1-3H3. The van der Waals surface area contributed by atoms with Crippen LogP contribution in [0.4, 0.5) is 0 Å². The highest BCUT2D eigenvalue weighted by Gasteiger charge is 2.11. The molecule has 2 rings (SSSR count). The van der Waals surface area contributed by atoms with Crippen molar-refractivity contribution in [3.05, 3.63) is 34.5 Å². The second-order valence-electron chi connectivity index (χ2n) is 3.54. The zero-order valence-electron chi connectivity index (χ0n) is 9.36. The summed E-state index contributed by atoms with van der Waals surface area (Å²) in [6.45, 7) is 3.96. The van der Waals surface area contributed by atoms with E-state index in [2.05, 4.69) is 25.9 Å². The Bertz CT molecular complexity index is 522. The molecule has 0 atom stereocenters. The second kappa shape index (κ2) is 4.25. The van der Waals surface area contributed by atoms with Gasteiger partial charge in [-0.05, 0) is 41.4 Å². The van der Waals surface area contributed by atoms with E-state index in [-0.39, 0.29) is 0 Å². The predicted molar refractivity (Wildman–Crippen MR) is 65.1 cm³/mol. The highest BCUT2D eigenvalue weighted by atomic mass is 79.9. The smallest absolute Gasteiger partial charge is 0.239 e. The van der Waals surface area contributed by atoms with Crippen LogP contribution < -0.4 is 4.74 Å². The summed E-state index contributed by atoms with van der Waals surface area (Å²) >= 11 is 3.35. The first-order valence-corrected chi connectivity index (χ1v) is 5.63. The Labute approximate surface area is 102 Å². The average Bonchev–Trinajstić information content (AvgIpc) is 2.63. The van der Waals surface area contributed by atoms with Crippen molar-refractivity contribution in [2.45, 2.75) is 13.8 Å². The van der Waals surface area contributed by atoms with Gasteiger partial charge in [-0.3, -0.25) is 0 Å². The van der Waals surface area contributed by atoms with Crippen molar-refractivity contribution >= 4 is 15.9 Å². The largest absolute Gasteiger partial charge is 0.479 e. The molecule has 0 saturated heterocycles. The van der Waals surface area contributed by atoms with Gasteiger partial charge >= 0.3 is 0 Å². The van der Waals surface area contributed by atoms with E-state index >= 15 is 0 Å². The first-order chi connectivity index (χ1) is 7.61. The van der Waals surface area contributed by atoms with Gasteiger partial charge in [-0.1, -0.05) is 0 Å². The fourth-order valence-corrected chi connectivity index (χ4v) is 2.10. The van der Waals surface area contributed by atoms with Crippen molar-refractivity contribution in [3.63, 3.8) is 0 Å². The minimum absolute atomic E-state index is 0.587. The lowest BCUT2D eigenvalue weighted by Crippen LogP contribution is -2.01. The summed E-state index contributed by atoms with van der Waals surface area (Å²) in [5, 5.41) is 0. The van der Waals surface area contributed by atoms with Gasteiger partial charge in [-0.15, -0.1) is 0 Å². The number of hydrogen-bond acceptors (Lipinski definition) is 3. The Morgan fingerprint density at radius 3 is 2.69 bits per heavy atom. The SMILES string of the molecule is COc1nc(Br)cc(C)c1-n1cnc(C)c1. The number of hydrogen-bond donors (Lipinski definition) is 0. The summed E-state index contributed by atoms with van der Waals surface area (Å²) in [5.74, 6) is 0.587. The van der Waals surface area contributed by atoms with Gasteiger partial charge in [-0.2, -0.15) is 0 Å². The topological polar surface area (TPSA) is 39.9 Å². The maximum Gasteiger partial charge on any atom is 0.239 e. The van der Waals surface area contributed by atoms with Crippen LogP contribution in [-0.2, 0) is 0 Å². The third-order valence-electron chi connectivity index (χ3n) is 2.28. The molecule has 84 valence electrons. The van der Waals surface area contributed by atoms with Gasteiger partial charge in [0.15, 0.2) is 0 Å². The minimum Gasteiger partial charge on any atom is -0.479 e. The second-order valence-corrected chi connectivity index (χ2v) is 4.35. The van der Waals surface area contributed by atoms with Gasteiger partial charge in [0.1, 0.15) is 10.3 Å². The molecule has 0 aromatic carbocycles. The molecule has 0 aliphatic carbocycles. The lowest BCUT2D eigenvalue weighted by molar-refractivity contribution is 0.394. The van der Waals surface area contributed by atoms with E-state index in [1.54, 1.807) is 13.4 Å². The number of aryl methyl sites for hydroxylation is 2. The highest BCUT2D eigenvalue weighted by molar-refractivity contribution is 9.10. The maximum absolute atomic E-state index is 5.28. The van der Waals surface area contributed by atoms with E-state index in [1.807, 2.05) is 30.7 Å². The third kappa shape index (κ3) is 1.95. The number of pyridine rings is 1.